The summed E-state index contributed by atoms with van der Waals surface area (Å²) in [7, 11) is 0. The SMILES string of the molecule is CC(c1nc(-c2cccnc2)no1)N1CCc2cc(F)ccc2C1. The maximum Gasteiger partial charge on any atom is 0.244 e. The van der Waals surface area contributed by atoms with E-state index in [9.17, 15) is 4.39 Å². The van der Waals surface area contributed by atoms with Crippen LogP contribution >= 0.6 is 0 Å². The first-order valence-electron chi connectivity index (χ1n) is 7.96. The third-order valence-corrected chi connectivity index (χ3v) is 4.48. The van der Waals surface area contributed by atoms with E-state index in [0.29, 0.717) is 11.7 Å². The van der Waals surface area contributed by atoms with Crippen LogP contribution in [0.3, 0.4) is 0 Å². The quantitative estimate of drug-likeness (QED) is 0.739. The lowest BCUT2D eigenvalue weighted by Crippen LogP contribution is -2.33. The Hall–Kier alpha value is -2.60. The van der Waals surface area contributed by atoms with Gasteiger partial charge in [-0.2, -0.15) is 4.98 Å². The third-order valence-electron chi connectivity index (χ3n) is 4.48. The van der Waals surface area contributed by atoms with Crippen LogP contribution in [0.1, 0.15) is 30.0 Å². The Morgan fingerprint density at radius 2 is 2.17 bits per heavy atom. The first-order chi connectivity index (χ1) is 11.7. The number of pyridine rings is 1. The third kappa shape index (κ3) is 2.80. The molecular formula is C18H17FN4O. The Bertz CT molecular complexity index is 849. The van der Waals surface area contributed by atoms with Crippen molar-refractivity contribution in [2.75, 3.05) is 6.54 Å². The number of aromatic nitrogens is 3. The second-order valence-corrected chi connectivity index (χ2v) is 6.01. The topological polar surface area (TPSA) is 55.1 Å². The van der Waals surface area contributed by atoms with Crippen molar-refractivity contribution in [1.29, 1.82) is 0 Å². The van der Waals surface area contributed by atoms with Crippen LogP contribution in [0.5, 0.6) is 0 Å². The van der Waals surface area contributed by atoms with Gasteiger partial charge in [-0.25, -0.2) is 4.39 Å². The highest BCUT2D eigenvalue weighted by Crippen LogP contribution is 2.28. The summed E-state index contributed by atoms with van der Waals surface area (Å²) in [5.74, 6) is 0.956. The molecule has 2 aromatic heterocycles. The smallest absolute Gasteiger partial charge is 0.244 e. The fraction of sp³-hybridized carbons (Fsp3) is 0.278. The lowest BCUT2D eigenvalue weighted by atomic mass is 9.98. The van der Waals surface area contributed by atoms with Gasteiger partial charge >= 0.3 is 0 Å². The zero-order chi connectivity index (χ0) is 16.5. The summed E-state index contributed by atoms with van der Waals surface area (Å²) in [4.78, 5) is 10.8. The van der Waals surface area contributed by atoms with Crippen molar-refractivity contribution < 1.29 is 8.91 Å². The molecule has 0 amide bonds. The first-order valence-corrected chi connectivity index (χ1v) is 7.96. The van der Waals surface area contributed by atoms with E-state index in [4.69, 9.17) is 4.52 Å². The molecule has 1 aliphatic rings. The molecule has 6 heteroatoms. The summed E-state index contributed by atoms with van der Waals surface area (Å²) < 4.78 is 18.8. The average molecular weight is 324 g/mol. The van der Waals surface area contributed by atoms with Gasteiger partial charge < -0.3 is 4.52 Å². The number of hydrogen-bond acceptors (Lipinski definition) is 5. The zero-order valence-corrected chi connectivity index (χ0v) is 13.3. The van der Waals surface area contributed by atoms with Gasteiger partial charge in [-0.15, -0.1) is 0 Å². The zero-order valence-electron chi connectivity index (χ0n) is 13.3. The predicted octanol–water partition coefficient (Wildman–Crippen LogP) is 3.39. The van der Waals surface area contributed by atoms with Gasteiger partial charge in [-0.1, -0.05) is 11.2 Å². The largest absolute Gasteiger partial charge is 0.337 e. The molecule has 0 spiro atoms. The van der Waals surface area contributed by atoms with Crippen LogP contribution in [-0.4, -0.2) is 26.6 Å². The van der Waals surface area contributed by atoms with Crippen LogP contribution in [0.2, 0.25) is 0 Å². The number of halogens is 1. The van der Waals surface area contributed by atoms with Crippen molar-refractivity contribution in [3.05, 3.63) is 65.6 Å². The van der Waals surface area contributed by atoms with Crippen molar-refractivity contribution in [2.24, 2.45) is 0 Å². The fourth-order valence-electron chi connectivity index (χ4n) is 3.05. The van der Waals surface area contributed by atoms with Crippen molar-refractivity contribution in [2.45, 2.75) is 25.9 Å². The molecule has 1 unspecified atom stereocenters. The molecule has 0 fully saturated rings. The molecule has 0 saturated carbocycles. The number of nitrogens with zero attached hydrogens (tertiary/aromatic N) is 4. The molecule has 0 bridgehead atoms. The van der Waals surface area contributed by atoms with E-state index >= 15 is 0 Å². The maximum atomic E-state index is 13.3. The minimum absolute atomic E-state index is 0.00104. The number of hydrogen-bond donors (Lipinski definition) is 0. The van der Waals surface area contributed by atoms with Crippen LogP contribution in [0.15, 0.2) is 47.2 Å². The van der Waals surface area contributed by atoms with Crippen LogP contribution in [0.4, 0.5) is 4.39 Å². The lowest BCUT2D eigenvalue weighted by molar-refractivity contribution is 0.158. The van der Waals surface area contributed by atoms with Gasteiger partial charge in [0.1, 0.15) is 5.82 Å². The molecule has 3 heterocycles. The van der Waals surface area contributed by atoms with Crippen molar-refractivity contribution in [3.8, 4) is 11.4 Å². The molecule has 4 rings (SSSR count). The van der Waals surface area contributed by atoms with Gasteiger partial charge in [0.15, 0.2) is 0 Å². The van der Waals surface area contributed by atoms with Crippen molar-refractivity contribution >= 4 is 0 Å². The molecule has 1 atom stereocenters. The molecule has 5 nitrogen and oxygen atoms in total. The van der Waals surface area contributed by atoms with Gasteiger partial charge in [0.25, 0.3) is 0 Å². The van der Waals surface area contributed by atoms with E-state index < -0.39 is 0 Å². The van der Waals surface area contributed by atoms with Crippen LogP contribution < -0.4 is 0 Å². The second kappa shape index (κ2) is 6.13. The molecule has 0 N–H and O–H groups in total. The molecule has 24 heavy (non-hydrogen) atoms. The van der Waals surface area contributed by atoms with E-state index in [0.717, 1.165) is 36.2 Å². The first kappa shape index (κ1) is 15.0. The Morgan fingerprint density at radius 3 is 3.00 bits per heavy atom. The number of fused-ring (bicyclic) bond motifs is 1. The van der Waals surface area contributed by atoms with Gasteiger partial charge in [-0.05, 0) is 48.7 Å². The molecule has 3 aromatic rings. The van der Waals surface area contributed by atoms with E-state index in [-0.39, 0.29) is 11.9 Å². The highest BCUT2D eigenvalue weighted by atomic mass is 19.1. The van der Waals surface area contributed by atoms with Crippen molar-refractivity contribution in [1.82, 2.24) is 20.0 Å². The van der Waals surface area contributed by atoms with E-state index in [1.807, 2.05) is 18.2 Å². The van der Waals surface area contributed by atoms with Gasteiger partial charge in [0.05, 0.1) is 6.04 Å². The molecule has 1 aromatic carbocycles. The maximum absolute atomic E-state index is 13.3. The predicted molar refractivity (Wildman–Crippen MR) is 86.5 cm³/mol. The normalized spacial score (nSPS) is 15.9. The average Bonchev–Trinajstić information content (AvgIpc) is 3.11. The van der Waals surface area contributed by atoms with Gasteiger partial charge in [-0.3, -0.25) is 9.88 Å². The summed E-state index contributed by atoms with van der Waals surface area (Å²) in [6, 6.07) is 8.75. The second-order valence-electron chi connectivity index (χ2n) is 6.01. The Morgan fingerprint density at radius 1 is 1.25 bits per heavy atom. The monoisotopic (exact) mass is 324 g/mol. The number of rotatable bonds is 3. The van der Waals surface area contributed by atoms with E-state index in [1.165, 1.54) is 6.07 Å². The summed E-state index contributed by atoms with van der Waals surface area (Å²) in [5.41, 5.74) is 3.07. The summed E-state index contributed by atoms with van der Waals surface area (Å²) in [6.45, 7) is 3.64. The van der Waals surface area contributed by atoms with Crippen LogP contribution in [0, 0.1) is 5.82 Å². The van der Waals surface area contributed by atoms with Crippen LogP contribution in [-0.2, 0) is 13.0 Å². The van der Waals surface area contributed by atoms with Gasteiger partial charge in [0, 0.05) is 31.0 Å². The minimum atomic E-state index is -0.173. The standard InChI is InChI=1S/C18H17FN4O/c1-12(18-21-17(22-24-18)14-3-2-7-20-10-14)23-8-6-13-9-16(19)5-4-15(13)11-23/h2-5,7,9-10,12H,6,8,11H2,1H3. The Balaban J connectivity index is 1.53. The highest BCUT2D eigenvalue weighted by molar-refractivity contribution is 5.51. The Kier molecular flexibility index (Phi) is 3.82. The lowest BCUT2D eigenvalue weighted by Gasteiger charge is -2.31. The van der Waals surface area contributed by atoms with Crippen LogP contribution in [0.25, 0.3) is 11.4 Å². The summed E-state index contributed by atoms with van der Waals surface area (Å²) in [5, 5.41) is 4.06. The minimum Gasteiger partial charge on any atom is -0.337 e. The number of benzene rings is 1. The van der Waals surface area contributed by atoms with Crippen molar-refractivity contribution in [3.63, 3.8) is 0 Å². The molecule has 122 valence electrons. The molecule has 0 saturated heterocycles. The summed E-state index contributed by atoms with van der Waals surface area (Å²) in [6.07, 6.45) is 4.24. The van der Waals surface area contributed by atoms with E-state index in [1.54, 1.807) is 18.5 Å². The summed E-state index contributed by atoms with van der Waals surface area (Å²) >= 11 is 0. The fourth-order valence-corrected chi connectivity index (χ4v) is 3.05. The highest BCUT2D eigenvalue weighted by Gasteiger charge is 2.26. The van der Waals surface area contributed by atoms with Gasteiger partial charge in [0.2, 0.25) is 11.7 Å². The molecule has 1 aliphatic heterocycles. The molecule has 0 radical (unpaired) electrons. The molecule has 0 aliphatic carbocycles. The molecular weight excluding hydrogens is 307 g/mol. The Labute approximate surface area is 139 Å². The van der Waals surface area contributed by atoms with E-state index in [2.05, 4.69) is 26.9 Å².